The molecule has 0 nitrogen and oxygen atoms in total. The Hall–Kier alpha value is -3.18. The maximum absolute atomic E-state index is 14.8. The Morgan fingerprint density at radius 3 is 1.97 bits per heavy atom. The van der Waals surface area contributed by atoms with Gasteiger partial charge >= 0.3 is 0 Å². The minimum atomic E-state index is -0.568. The van der Waals surface area contributed by atoms with Crippen LogP contribution in [0.15, 0.2) is 73.3 Å². The molecule has 1 aliphatic carbocycles. The maximum atomic E-state index is 14.8. The number of rotatable bonds is 5. The van der Waals surface area contributed by atoms with E-state index in [1.165, 1.54) is 23.3 Å². The molecule has 0 saturated heterocycles. The van der Waals surface area contributed by atoms with Gasteiger partial charge in [-0.05, 0) is 98.2 Å². The molecule has 0 aliphatic heterocycles. The van der Waals surface area contributed by atoms with E-state index >= 15 is 0 Å². The molecule has 3 aromatic carbocycles. The topological polar surface area (TPSA) is 0 Å². The molecule has 0 spiro atoms. The van der Waals surface area contributed by atoms with Crippen molar-refractivity contribution >= 4 is 0 Å². The fraction of sp³-hybridized carbons (Fsp3) is 0.290. The number of hydrogen-bond acceptors (Lipinski definition) is 0. The van der Waals surface area contributed by atoms with Gasteiger partial charge in [-0.25, -0.2) is 8.78 Å². The van der Waals surface area contributed by atoms with Crippen LogP contribution in [0, 0.1) is 30.4 Å². The van der Waals surface area contributed by atoms with Crippen molar-refractivity contribution in [2.45, 2.75) is 57.3 Å². The molecule has 1 aliphatic rings. The highest BCUT2D eigenvalue weighted by Crippen LogP contribution is 2.41. The molecule has 2 heteroatoms. The molecule has 0 amide bonds. The smallest absolute Gasteiger partial charge is 0.142 e. The van der Waals surface area contributed by atoms with E-state index < -0.39 is 11.6 Å². The van der Waals surface area contributed by atoms with Gasteiger partial charge in [0.15, 0.2) is 0 Å². The molecule has 0 bridgehead atoms. The summed E-state index contributed by atoms with van der Waals surface area (Å²) >= 11 is 0. The Morgan fingerprint density at radius 1 is 0.818 bits per heavy atom. The monoisotopic (exact) mass is 440 g/mol. The quantitative estimate of drug-likeness (QED) is 0.277. The summed E-state index contributed by atoms with van der Waals surface area (Å²) in [6.07, 6.45) is 7.92. The number of aryl methyl sites for hydroxylation is 2. The van der Waals surface area contributed by atoms with Gasteiger partial charge in [0.25, 0.3) is 0 Å². The normalized spacial score (nSPS) is 17.8. The van der Waals surface area contributed by atoms with Crippen molar-refractivity contribution in [2.75, 3.05) is 0 Å². The van der Waals surface area contributed by atoms with Crippen molar-refractivity contribution in [1.29, 1.82) is 0 Å². The highest BCUT2D eigenvalue weighted by molar-refractivity contribution is 5.46. The van der Waals surface area contributed by atoms with Crippen molar-refractivity contribution in [3.63, 3.8) is 0 Å². The van der Waals surface area contributed by atoms with Gasteiger partial charge in [-0.15, -0.1) is 6.58 Å². The lowest BCUT2D eigenvalue weighted by Gasteiger charge is -2.29. The van der Waals surface area contributed by atoms with E-state index in [-0.39, 0.29) is 11.5 Å². The first-order valence-electron chi connectivity index (χ1n) is 11.8. The molecule has 1 saturated carbocycles. The van der Waals surface area contributed by atoms with Crippen LogP contribution >= 0.6 is 0 Å². The lowest BCUT2D eigenvalue weighted by Crippen LogP contribution is -2.13. The van der Waals surface area contributed by atoms with E-state index in [0.717, 1.165) is 55.2 Å². The van der Waals surface area contributed by atoms with Crippen molar-refractivity contribution in [1.82, 2.24) is 0 Å². The van der Waals surface area contributed by atoms with E-state index in [1.807, 2.05) is 37.3 Å². The summed E-state index contributed by atoms with van der Waals surface area (Å²) in [5.74, 6) is 5.13. The average Bonchev–Trinajstić information content (AvgIpc) is 2.84. The predicted octanol–water partition coefficient (Wildman–Crippen LogP) is 8.23. The second-order valence-corrected chi connectivity index (χ2v) is 9.09. The van der Waals surface area contributed by atoms with Crippen LogP contribution in [0.4, 0.5) is 8.78 Å². The molecule has 0 N–H and O–H groups in total. The standard InChI is InChI=1S/C31H30F2/c1-3-4-5-23-10-13-25(14-11-23)26-15-17-27(18-16-26)28-20-30(32)29(31(33)21-28)19-12-24-8-6-22(2)7-9-24/h3,6-11,13-14,20-21,26-27H,1,4-5,15-18H2,2H3. The van der Waals surface area contributed by atoms with E-state index in [1.54, 1.807) is 0 Å². The van der Waals surface area contributed by atoms with Gasteiger partial charge in [-0.2, -0.15) is 0 Å². The Balaban J connectivity index is 1.41. The number of benzene rings is 3. The third-order valence-corrected chi connectivity index (χ3v) is 6.73. The molecule has 0 unspecified atom stereocenters. The molecule has 4 rings (SSSR count). The SMILES string of the molecule is C=CCCc1ccc(C2CCC(c3cc(F)c(C#Cc4ccc(C)cc4)c(F)c3)CC2)cc1. The van der Waals surface area contributed by atoms with Crippen LogP contribution in [-0.2, 0) is 6.42 Å². The number of allylic oxidation sites excluding steroid dienone is 1. The summed E-state index contributed by atoms with van der Waals surface area (Å²) in [5.41, 5.74) is 5.18. The van der Waals surface area contributed by atoms with E-state index in [9.17, 15) is 8.78 Å². The molecule has 0 radical (unpaired) electrons. The number of hydrogen-bond donors (Lipinski definition) is 0. The van der Waals surface area contributed by atoms with Crippen molar-refractivity contribution in [3.05, 3.63) is 118 Å². The molecule has 0 aromatic heterocycles. The van der Waals surface area contributed by atoms with E-state index in [2.05, 4.69) is 42.7 Å². The van der Waals surface area contributed by atoms with Gasteiger partial charge in [-0.3, -0.25) is 0 Å². The van der Waals surface area contributed by atoms with Crippen LogP contribution in [0.25, 0.3) is 0 Å². The average molecular weight is 441 g/mol. The Labute approximate surface area is 196 Å². The summed E-state index contributed by atoms with van der Waals surface area (Å²) in [6.45, 7) is 5.78. The third kappa shape index (κ3) is 5.79. The third-order valence-electron chi connectivity index (χ3n) is 6.73. The van der Waals surface area contributed by atoms with Gasteiger partial charge in [0.1, 0.15) is 11.6 Å². The van der Waals surface area contributed by atoms with Gasteiger partial charge in [0.05, 0.1) is 5.56 Å². The summed E-state index contributed by atoms with van der Waals surface area (Å²) in [5, 5.41) is 0. The van der Waals surface area contributed by atoms with Crippen LogP contribution in [0.5, 0.6) is 0 Å². The van der Waals surface area contributed by atoms with Crippen LogP contribution in [0.2, 0.25) is 0 Å². The van der Waals surface area contributed by atoms with Crippen LogP contribution in [0.3, 0.4) is 0 Å². The minimum Gasteiger partial charge on any atom is -0.206 e. The summed E-state index contributed by atoms with van der Waals surface area (Å²) in [6, 6.07) is 19.5. The highest BCUT2D eigenvalue weighted by atomic mass is 19.1. The van der Waals surface area contributed by atoms with E-state index in [0.29, 0.717) is 5.92 Å². The lowest BCUT2D eigenvalue weighted by molar-refractivity contribution is 0.394. The molecular weight excluding hydrogens is 410 g/mol. The van der Waals surface area contributed by atoms with E-state index in [4.69, 9.17) is 0 Å². The highest BCUT2D eigenvalue weighted by Gasteiger charge is 2.25. The zero-order valence-electron chi connectivity index (χ0n) is 19.2. The minimum absolute atomic E-state index is 0.149. The molecule has 0 atom stereocenters. The first-order valence-corrected chi connectivity index (χ1v) is 11.8. The fourth-order valence-corrected chi connectivity index (χ4v) is 4.70. The Morgan fingerprint density at radius 2 is 1.39 bits per heavy atom. The fourth-order valence-electron chi connectivity index (χ4n) is 4.70. The second-order valence-electron chi connectivity index (χ2n) is 9.09. The molecule has 1 fully saturated rings. The molecule has 3 aromatic rings. The molecule has 168 valence electrons. The lowest BCUT2D eigenvalue weighted by atomic mass is 9.76. The summed E-state index contributed by atoms with van der Waals surface area (Å²) in [7, 11) is 0. The summed E-state index contributed by atoms with van der Waals surface area (Å²) < 4.78 is 29.5. The van der Waals surface area contributed by atoms with Crippen LogP contribution in [-0.4, -0.2) is 0 Å². The zero-order valence-corrected chi connectivity index (χ0v) is 19.2. The number of halogens is 2. The van der Waals surface area contributed by atoms with Crippen molar-refractivity contribution in [2.24, 2.45) is 0 Å². The van der Waals surface area contributed by atoms with Gasteiger partial charge in [0, 0.05) is 5.56 Å². The maximum Gasteiger partial charge on any atom is 0.142 e. The Bertz CT molecular complexity index is 1130. The largest absolute Gasteiger partial charge is 0.206 e. The van der Waals surface area contributed by atoms with Gasteiger partial charge in [-0.1, -0.05) is 59.9 Å². The van der Waals surface area contributed by atoms with Crippen LogP contribution in [0.1, 0.15) is 77.3 Å². The zero-order chi connectivity index (χ0) is 23.2. The van der Waals surface area contributed by atoms with Crippen molar-refractivity contribution < 1.29 is 8.78 Å². The molecule has 33 heavy (non-hydrogen) atoms. The van der Waals surface area contributed by atoms with Crippen LogP contribution < -0.4 is 0 Å². The van der Waals surface area contributed by atoms with Crippen molar-refractivity contribution in [3.8, 4) is 11.8 Å². The van der Waals surface area contributed by atoms with Gasteiger partial charge in [0.2, 0.25) is 0 Å². The molecular formula is C31H30F2. The summed E-state index contributed by atoms with van der Waals surface area (Å²) in [4.78, 5) is 0. The van der Waals surface area contributed by atoms with Gasteiger partial charge < -0.3 is 0 Å². The first-order chi connectivity index (χ1) is 16.0. The first kappa shape index (κ1) is 23.0. The second kappa shape index (κ2) is 10.6. The Kier molecular flexibility index (Phi) is 7.40. The molecule has 0 heterocycles. The predicted molar refractivity (Wildman–Crippen MR) is 132 cm³/mol.